The predicted octanol–water partition coefficient (Wildman–Crippen LogP) is 4.17. The molecule has 1 aromatic carbocycles. The van der Waals surface area contributed by atoms with E-state index < -0.39 is 0 Å². The van der Waals surface area contributed by atoms with Gasteiger partial charge in [0, 0.05) is 5.56 Å². The van der Waals surface area contributed by atoms with Gasteiger partial charge >= 0.3 is 0 Å². The van der Waals surface area contributed by atoms with Crippen molar-refractivity contribution in [2.45, 2.75) is 26.7 Å². The molecule has 0 amide bonds. The number of hydrogen-bond acceptors (Lipinski definition) is 1. The topological polar surface area (TPSA) is 17.1 Å². The van der Waals surface area contributed by atoms with Gasteiger partial charge in [0.05, 0.1) is 0 Å². The van der Waals surface area contributed by atoms with Crippen molar-refractivity contribution in [1.82, 2.24) is 0 Å². The van der Waals surface area contributed by atoms with E-state index >= 15 is 0 Å². The van der Waals surface area contributed by atoms with E-state index in [1.807, 2.05) is 36.4 Å². The van der Waals surface area contributed by atoms with Gasteiger partial charge in [-0.15, -0.1) is 0 Å². The molecular weight excluding hydrogens is 196 g/mol. The molecule has 1 rings (SSSR count). The molecule has 1 heteroatoms. The third-order valence-electron chi connectivity index (χ3n) is 2.21. The highest BCUT2D eigenvalue weighted by Crippen LogP contribution is 2.03. The number of hydrogen-bond donors (Lipinski definition) is 0. The van der Waals surface area contributed by atoms with Crippen LogP contribution >= 0.6 is 0 Å². The lowest BCUT2D eigenvalue weighted by molar-refractivity contribution is 0.104. The zero-order chi connectivity index (χ0) is 11.8. The molecule has 1 nitrogen and oxygen atoms in total. The first kappa shape index (κ1) is 12.4. The standard InChI is InChI=1S/C15H18O/c1-13(2)9-5-3-8-12-15(16)14-10-6-4-7-11-14/h4,6-12H,3,5H2,1-2H3. The van der Waals surface area contributed by atoms with Gasteiger partial charge in [-0.25, -0.2) is 0 Å². The van der Waals surface area contributed by atoms with Gasteiger partial charge in [0.15, 0.2) is 5.78 Å². The van der Waals surface area contributed by atoms with Gasteiger partial charge in [-0.1, -0.05) is 48.1 Å². The molecule has 0 saturated heterocycles. The van der Waals surface area contributed by atoms with Gasteiger partial charge in [-0.2, -0.15) is 0 Å². The van der Waals surface area contributed by atoms with Gasteiger partial charge in [0.25, 0.3) is 0 Å². The molecule has 0 atom stereocenters. The van der Waals surface area contributed by atoms with Crippen molar-refractivity contribution in [3.8, 4) is 0 Å². The largest absolute Gasteiger partial charge is 0.289 e. The lowest BCUT2D eigenvalue weighted by Crippen LogP contribution is -1.92. The molecule has 1 aromatic rings. The molecule has 0 N–H and O–H groups in total. The van der Waals surface area contributed by atoms with Crippen LogP contribution in [0.1, 0.15) is 37.0 Å². The second-order valence-electron chi connectivity index (χ2n) is 3.99. The molecule has 0 radical (unpaired) electrons. The summed E-state index contributed by atoms with van der Waals surface area (Å²) in [6.45, 7) is 4.16. The summed E-state index contributed by atoms with van der Waals surface area (Å²) >= 11 is 0. The Morgan fingerprint density at radius 1 is 1.12 bits per heavy atom. The molecular formula is C15H18O. The Morgan fingerprint density at radius 3 is 2.44 bits per heavy atom. The van der Waals surface area contributed by atoms with E-state index in [1.165, 1.54) is 5.57 Å². The van der Waals surface area contributed by atoms with Crippen LogP contribution in [-0.4, -0.2) is 5.78 Å². The molecule has 0 aliphatic carbocycles. The minimum atomic E-state index is 0.0813. The summed E-state index contributed by atoms with van der Waals surface area (Å²) in [5, 5.41) is 0. The predicted molar refractivity (Wildman–Crippen MR) is 68.6 cm³/mol. The summed E-state index contributed by atoms with van der Waals surface area (Å²) in [6, 6.07) is 9.34. The third-order valence-corrected chi connectivity index (χ3v) is 2.21. The first-order valence-corrected chi connectivity index (χ1v) is 5.59. The Morgan fingerprint density at radius 2 is 1.81 bits per heavy atom. The van der Waals surface area contributed by atoms with Crippen molar-refractivity contribution in [2.24, 2.45) is 0 Å². The Bertz CT molecular complexity index is 381. The maximum absolute atomic E-state index is 11.6. The Kier molecular flexibility index (Phi) is 5.27. The first-order chi connectivity index (χ1) is 7.70. The summed E-state index contributed by atoms with van der Waals surface area (Å²) in [4.78, 5) is 11.6. The average molecular weight is 214 g/mol. The van der Waals surface area contributed by atoms with E-state index in [2.05, 4.69) is 19.9 Å². The molecule has 0 unspecified atom stereocenters. The number of rotatable bonds is 5. The second-order valence-corrected chi connectivity index (χ2v) is 3.99. The molecule has 84 valence electrons. The zero-order valence-corrected chi connectivity index (χ0v) is 9.94. The van der Waals surface area contributed by atoms with E-state index in [9.17, 15) is 4.79 Å². The van der Waals surface area contributed by atoms with Gasteiger partial charge in [-0.05, 0) is 32.8 Å². The normalized spacial score (nSPS) is 10.4. The average Bonchev–Trinajstić information content (AvgIpc) is 2.29. The fourth-order valence-electron chi connectivity index (χ4n) is 1.36. The van der Waals surface area contributed by atoms with Crippen molar-refractivity contribution in [2.75, 3.05) is 0 Å². The van der Waals surface area contributed by atoms with E-state index in [0.717, 1.165) is 18.4 Å². The molecule has 0 heterocycles. The summed E-state index contributed by atoms with van der Waals surface area (Å²) in [5.41, 5.74) is 2.07. The van der Waals surface area contributed by atoms with Gasteiger partial charge in [0.1, 0.15) is 0 Å². The molecule has 0 saturated carbocycles. The van der Waals surface area contributed by atoms with Crippen LogP contribution in [0.5, 0.6) is 0 Å². The number of carbonyl (C=O) groups excluding carboxylic acids is 1. The van der Waals surface area contributed by atoms with Crippen molar-refractivity contribution in [3.63, 3.8) is 0 Å². The third kappa shape index (κ3) is 4.74. The van der Waals surface area contributed by atoms with Crippen molar-refractivity contribution in [3.05, 3.63) is 59.7 Å². The minimum absolute atomic E-state index is 0.0813. The number of allylic oxidation sites excluding steroid dienone is 4. The van der Waals surface area contributed by atoms with Crippen LogP contribution in [0.2, 0.25) is 0 Å². The fourth-order valence-corrected chi connectivity index (χ4v) is 1.36. The van der Waals surface area contributed by atoms with Crippen molar-refractivity contribution < 1.29 is 4.79 Å². The Hall–Kier alpha value is -1.63. The van der Waals surface area contributed by atoms with E-state index in [4.69, 9.17) is 0 Å². The smallest absolute Gasteiger partial charge is 0.185 e. The van der Waals surface area contributed by atoms with Crippen LogP contribution in [0, 0.1) is 0 Å². The lowest BCUT2D eigenvalue weighted by atomic mass is 10.1. The molecule has 16 heavy (non-hydrogen) atoms. The van der Waals surface area contributed by atoms with E-state index in [1.54, 1.807) is 6.08 Å². The van der Waals surface area contributed by atoms with E-state index in [-0.39, 0.29) is 5.78 Å². The van der Waals surface area contributed by atoms with E-state index in [0.29, 0.717) is 0 Å². The minimum Gasteiger partial charge on any atom is -0.289 e. The first-order valence-electron chi connectivity index (χ1n) is 5.59. The molecule has 0 spiro atoms. The van der Waals surface area contributed by atoms with Gasteiger partial charge in [-0.3, -0.25) is 4.79 Å². The van der Waals surface area contributed by atoms with Crippen molar-refractivity contribution in [1.29, 1.82) is 0 Å². The number of unbranched alkanes of at least 4 members (excludes halogenated alkanes) is 1. The lowest BCUT2D eigenvalue weighted by Gasteiger charge is -1.93. The second kappa shape index (κ2) is 6.78. The highest BCUT2D eigenvalue weighted by atomic mass is 16.1. The maximum Gasteiger partial charge on any atom is 0.185 e. The van der Waals surface area contributed by atoms with Gasteiger partial charge < -0.3 is 0 Å². The van der Waals surface area contributed by atoms with Crippen LogP contribution in [-0.2, 0) is 0 Å². The Labute approximate surface area is 97.5 Å². The maximum atomic E-state index is 11.6. The van der Waals surface area contributed by atoms with Crippen LogP contribution in [0.3, 0.4) is 0 Å². The molecule has 0 aliphatic rings. The highest BCUT2D eigenvalue weighted by molar-refractivity contribution is 6.04. The van der Waals surface area contributed by atoms with Crippen LogP contribution in [0.25, 0.3) is 0 Å². The molecule has 0 bridgehead atoms. The number of benzene rings is 1. The molecule has 0 aromatic heterocycles. The summed E-state index contributed by atoms with van der Waals surface area (Å²) in [7, 11) is 0. The van der Waals surface area contributed by atoms with Crippen LogP contribution in [0.4, 0.5) is 0 Å². The number of carbonyl (C=O) groups is 1. The Balaban J connectivity index is 2.41. The summed E-state index contributed by atoms with van der Waals surface area (Å²) in [6.07, 6.45) is 7.70. The van der Waals surface area contributed by atoms with Gasteiger partial charge in [0.2, 0.25) is 0 Å². The van der Waals surface area contributed by atoms with Crippen molar-refractivity contribution >= 4 is 5.78 Å². The monoisotopic (exact) mass is 214 g/mol. The molecule has 0 fully saturated rings. The quantitative estimate of drug-likeness (QED) is 0.311. The van der Waals surface area contributed by atoms with Crippen LogP contribution in [0.15, 0.2) is 54.1 Å². The highest BCUT2D eigenvalue weighted by Gasteiger charge is 1.97. The summed E-state index contributed by atoms with van der Waals surface area (Å²) < 4.78 is 0. The summed E-state index contributed by atoms with van der Waals surface area (Å²) in [5.74, 6) is 0.0813. The SMILES string of the molecule is CC(C)=CCCC=CC(=O)c1ccccc1. The van der Waals surface area contributed by atoms with Crippen LogP contribution < -0.4 is 0 Å². The fraction of sp³-hybridized carbons (Fsp3) is 0.267. The molecule has 0 aliphatic heterocycles. The zero-order valence-electron chi connectivity index (χ0n) is 9.94. The number of ketones is 1.